The summed E-state index contributed by atoms with van der Waals surface area (Å²) in [6, 6.07) is 8.65. The summed E-state index contributed by atoms with van der Waals surface area (Å²) >= 11 is 0. The topological polar surface area (TPSA) is 47.7 Å². The highest BCUT2D eigenvalue weighted by Crippen LogP contribution is 2.30. The number of hydrogen-bond donors (Lipinski definition) is 1. The zero-order valence-corrected chi connectivity index (χ0v) is 12.0. The van der Waals surface area contributed by atoms with Crippen molar-refractivity contribution in [2.45, 2.75) is 37.8 Å². The Labute approximate surface area is 120 Å². The molecule has 1 aromatic carbocycles. The van der Waals surface area contributed by atoms with Crippen LogP contribution in [0.15, 0.2) is 24.3 Å². The third kappa shape index (κ3) is 3.25. The molecule has 4 nitrogen and oxygen atoms in total. The van der Waals surface area contributed by atoms with Crippen molar-refractivity contribution in [1.29, 1.82) is 0 Å². The van der Waals surface area contributed by atoms with Gasteiger partial charge < -0.3 is 20.1 Å². The summed E-state index contributed by atoms with van der Waals surface area (Å²) in [5.41, 5.74) is 7.17. The van der Waals surface area contributed by atoms with Crippen LogP contribution in [0.2, 0.25) is 0 Å². The van der Waals surface area contributed by atoms with Gasteiger partial charge in [-0.2, -0.15) is 0 Å². The normalized spacial score (nSPS) is 24.1. The van der Waals surface area contributed by atoms with Crippen molar-refractivity contribution >= 4 is 5.69 Å². The van der Waals surface area contributed by atoms with Crippen LogP contribution in [-0.4, -0.2) is 38.4 Å². The maximum atomic E-state index is 6.00. The molecule has 2 aliphatic heterocycles. The Bertz CT molecular complexity index is 424. The van der Waals surface area contributed by atoms with Crippen molar-refractivity contribution in [2.24, 2.45) is 5.73 Å². The fourth-order valence-corrected chi connectivity index (χ4v) is 2.94. The van der Waals surface area contributed by atoms with Gasteiger partial charge in [-0.3, -0.25) is 0 Å². The van der Waals surface area contributed by atoms with Crippen LogP contribution in [0, 0.1) is 0 Å². The molecular formula is C16H24N2O2. The maximum absolute atomic E-state index is 6.00. The lowest BCUT2D eigenvalue weighted by atomic mass is 10.1. The highest BCUT2D eigenvalue weighted by Gasteiger charge is 2.20. The second-order valence-electron chi connectivity index (χ2n) is 5.74. The molecule has 0 amide bonds. The molecule has 20 heavy (non-hydrogen) atoms. The number of para-hydroxylation sites is 2. The third-order valence-corrected chi connectivity index (χ3v) is 4.19. The van der Waals surface area contributed by atoms with Crippen molar-refractivity contribution < 1.29 is 9.47 Å². The van der Waals surface area contributed by atoms with Gasteiger partial charge in [0.05, 0.1) is 11.8 Å². The van der Waals surface area contributed by atoms with E-state index in [9.17, 15) is 0 Å². The van der Waals surface area contributed by atoms with Gasteiger partial charge in [0.25, 0.3) is 0 Å². The lowest BCUT2D eigenvalue weighted by Crippen LogP contribution is -2.39. The van der Waals surface area contributed by atoms with Crippen molar-refractivity contribution in [3.63, 3.8) is 0 Å². The van der Waals surface area contributed by atoms with E-state index in [0.29, 0.717) is 12.6 Å². The van der Waals surface area contributed by atoms with Gasteiger partial charge in [0.15, 0.2) is 0 Å². The molecule has 2 N–H and O–H groups in total. The Kier molecular flexibility index (Phi) is 4.43. The second-order valence-corrected chi connectivity index (χ2v) is 5.74. The first-order valence-corrected chi connectivity index (χ1v) is 7.67. The number of anilines is 1. The SMILES string of the molecule is NC1CCN(c2ccccc2OCC2CCCO2)CC1. The van der Waals surface area contributed by atoms with E-state index in [0.717, 1.165) is 51.1 Å². The molecule has 2 saturated heterocycles. The molecule has 3 rings (SSSR count). The highest BCUT2D eigenvalue weighted by atomic mass is 16.5. The first-order valence-electron chi connectivity index (χ1n) is 7.67. The minimum atomic E-state index is 0.262. The zero-order chi connectivity index (χ0) is 13.8. The van der Waals surface area contributed by atoms with E-state index in [1.807, 2.05) is 6.07 Å². The van der Waals surface area contributed by atoms with E-state index in [1.54, 1.807) is 0 Å². The first-order chi connectivity index (χ1) is 9.83. The molecule has 1 atom stereocenters. The molecule has 1 aromatic rings. The summed E-state index contributed by atoms with van der Waals surface area (Å²) in [6.07, 6.45) is 4.64. The molecule has 2 aliphatic rings. The summed E-state index contributed by atoms with van der Waals surface area (Å²) in [4.78, 5) is 2.38. The largest absolute Gasteiger partial charge is 0.489 e. The molecule has 110 valence electrons. The Morgan fingerprint density at radius 2 is 2.00 bits per heavy atom. The second kappa shape index (κ2) is 6.46. The molecule has 0 aliphatic carbocycles. The molecule has 0 aromatic heterocycles. The van der Waals surface area contributed by atoms with Gasteiger partial charge in [-0.1, -0.05) is 12.1 Å². The van der Waals surface area contributed by atoms with Crippen LogP contribution in [0.4, 0.5) is 5.69 Å². The maximum Gasteiger partial charge on any atom is 0.142 e. The average molecular weight is 276 g/mol. The summed E-state index contributed by atoms with van der Waals surface area (Å²) in [5, 5.41) is 0. The van der Waals surface area contributed by atoms with Crippen LogP contribution in [0.1, 0.15) is 25.7 Å². The minimum Gasteiger partial charge on any atom is -0.489 e. The highest BCUT2D eigenvalue weighted by molar-refractivity contribution is 5.58. The predicted octanol–water partition coefficient (Wildman–Crippen LogP) is 2.17. The van der Waals surface area contributed by atoms with Crippen molar-refractivity contribution in [1.82, 2.24) is 0 Å². The summed E-state index contributed by atoms with van der Waals surface area (Å²) in [7, 11) is 0. The van der Waals surface area contributed by atoms with Crippen LogP contribution in [0.5, 0.6) is 5.75 Å². The fourth-order valence-electron chi connectivity index (χ4n) is 2.94. The van der Waals surface area contributed by atoms with Crippen LogP contribution in [0.25, 0.3) is 0 Å². The Balaban J connectivity index is 1.64. The van der Waals surface area contributed by atoms with Gasteiger partial charge in [0, 0.05) is 25.7 Å². The van der Waals surface area contributed by atoms with Crippen LogP contribution >= 0.6 is 0 Å². The fraction of sp³-hybridized carbons (Fsp3) is 0.625. The molecule has 4 heteroatoms. The zero-order valence-electron chi connectivity index (χ0n) is 12.0. The Hall–Kier alpha value is -1.26. The van der Waals surface area contributed by atoms with E-state index < -0.39 is 0 Å². The van der Waals surface area contributed by atoms with Gasteiger partial charge in [-0.05, 0) is 37.8 Å². The van der Waals surface area contributed by atoms with Crippen molar-refractivity contribution in [3.05, 3.63) is 24.3 Å². The van der Waals surface area contributed by atoms with Crippen LogP contribution in [0.3, 0.4) is 0 Å². The number of nitrogens with zero attached hydrogens (tertiary/aromatic N) is 1. The Morgan fingerprint density at radius 3 is 2.75 bits per heavy atom. The molecule has 0 radical (unpaired) electrons. The van der Waals surface area contributed by atoms with Gasteiger partial charge in [0.2, 0.25) is 0 Å². The van der Waals surface area contributed by atoms with Crippen LogP contribution < -0.4 is 15.4 Å². The number of ether oxygens (including phenoxy) is 2. The van der Waals surface area contributed by atoms with E-state index in [-0.39, 0.29) is 6.10 Å². The molecule has 0 saturated carbocycles. The van der Waals surface area contributed by atoms with Gasteiger partial charge in [-0.15, -0.1) is 0 Å². The van der Waals surface area contributed by atoms with Gasteiger partial charge >= 0.3 is 0 Å². The van der Waals surface area contributed by atoms with Crippen LogP contribution in [-0.2, 0) is 4.74 Å². The summed E-state index contributed by atoms with van der Waals surface area (Å²) in [5.74, 6) is 0.971. The number of benzene rings is 1. The summed E-state index contributed by atoms with van der Waals surface area (Å²) in [6.45, 7) is 3.56. The van der Waals surface area contributed by atoms with E-state index in [2.05, 4.69) is 23.1 Å². The van der Waals surface area contributed by atoms with E-state index in [4.69, 9.17) is 15.2 Å². The standard InChI is InChI=1S/C16H24N2O2/c17-13-7-9-18(10-8-13)15-5-1-2-6-16(15)20-12-14-4-3-11-19-14/h1-2,5-6,13-14H,3-4,7-12,17H2. The number of rotatable bonds is 4. The monoisotopic (exact) mass is 276 g/mol. The smallest absolute Gasteiger partial charge is 0.142 e. The number of piperidine rings is 1. The minimum absolute atomic E-state index is 0.262. The number of hydrogen-bond acceptors (Lipinski definition) is 4. The molecular weight excluding hydrogens is 252 g/mol. The quantitative estimate of drug-likeness (QED) is 0.915. The predicted molar refractivity (Wildman–Crippen MR) is 80.3 cm³/mol. The molecule has 1 unspecified atom stereocenters. The average Bonchev–Trinajstić information content (AvgIpc) is 3.00. The van der Waals surface area contributed by atoms with E-state index >= 15 is 0 Å². The number of nitrogens with two attached hydrogens (primary N) is 1. The van der Waals surface area contributed by atoms with E-state index in [1.165, 1.54) is 5.69 Å². The summed E-state index contributed by atoms with van der Waals surface area (Å²) < 4.78 is 11.6. The first kappa shape index (κ1) is 13.7. The molecule has 2 fully saturated rings. The van der Waals surface area contributed by atoms with Gasteiger partial charge in [0.1, 0.15) is 12.4 Å². The van der Waals surface area contributed by atoms with Gasteiger partial charge in [-0.25, -0.2) is 0 Å². The molecule has 0 bridgehead atoms. The lowest BCUT2D eigenvalue weighted by Gasteiger charge is -2.33. The molecule has 0 spiro atoms. The lowest BCUT2D eigenvalue weighted by molar-refractivity contribution is 0.0681. The Morgan fingerprint density at radius 1 is 1.20 bits per heavy atom. The van der Waals surface area contributed by atoms with Crippen molar-refractivity contribution in [2.75, 3.05) is 31.2 Å². The molecule has 2 heterocycles. The third-order valence-electron chi connectivity index (χ3n) is 4.19. The van der Waals surface area contributed by atoms with Crippen molar-refractivity contribution in [3.8, 4) is 5.75 Å².